The fraction of sp³-hybridized carbons (Fsp3) is 0.800. The average Bonchev–Trinajstić information content (AvgIpc) is 3.12. The molecule has 1 amide bonds. The number of aliphatic hydroxyl groups excluding tert-OH is 2. The van der Waals surface area contributed by atoms with Crippen molar-refractivity contribution < 1.29 is 15.0 Å². The van der Waals surface area contributed by atoms with Gasteiger partial charge in [-0.2, -0.15) is 0 Å². The Kier molecular flexibility index (Phi) is 7.26. The van der Waals surface area contributed by atoms with Gasteiger partial charge in [-0.1, -0.05) is 38.5 Å². The zero-order valence-electron chi connectivity index (χ0n) is 16.0. The van der Waals surface area contributed by atoms with Crippen molar-refractivity contribution in [3.63, 3.8) is 0 Å². The number of carbonyl (C=O) groups excluding carboxylic acids is 1. The van der Waals surface area contributed by atoms with E-state index >= 15 is 0 Å². The first-order chi connectivity index (χ1) is 13.0. The first-order valence-electron chi connectivity index (χ1n) is 10.4. The van der Waals surface area contributed by atoms with Crippen molar-refractivity contribution in [1.82, 2.24) is 15.3 Å². The minimum atomic E-state index is -0.944. The molecule has 2 fully saturated rings. The fourth-order valence-electron chi connectivity index (χ4n) is 4.38. The van der Waals surface area contributed by atoms with Gasteiger partial charge < -0.3 is 26.2 Å². The van der Waals surface area contributed by atoms with Crippen LogP contribution in [0.3, 0.4) is 0 Å². The van der Waals surface area contributed by atoms with Gasteiger partial charge in [-0.05, 0) is 31.1 Å². The van der Waals surface area contributed by atoms with Crippen LogP contribution in [0.5, 0.6) is 0 Å². The number of imidazole rings is 1. The minimum absolute atomic E-state index is 0.143. The van der Waals surface area contributed by atoms with E-state index in [1.165, 1.54) is 19.3 Å². The molecular weight excluding hydrogens is 344 g/mol. The summed E-state index contributed by atoms with van der Waals surface area (Å²) in [7, 11) is 0. The Morgan fingerprint density at radius 2 is 1.96 bits per heavy atom. The van der Waals surface area contributed by atoms with Gasteiger partial charge in [0.15, 0.2) is 0 Å². The third-order valence-electron chi connectivity index (χ3n) is 6.37. The van der Waals surface area contributed by atoms with Gasteiger partial charge in [-0.3, -0.25) is 4.79 Å². The predicted molar refractivity (Wildman–Crippen MR) is 103 cm³/mol. The number of hydrogen-bond donors (Lipinski definition) is 5. The second-order valence-electron chi connectivity index (χ2n) is 8.41. The van der Waals surface area contributed by atoms with Crippen LogP contribution >= 0.6 is 0 Å². The molecule has 27 heavy (non-hydrogen) atoms. The van der Waals surface area contributed by atoms with Crippen LogP contribution in [0, 0.1) is 11.8 Å². The van der Waals surface area contributed by atoms with E-state index in [0.29, 0.717) is 18.8 Å². The van der Waals surface area contributed by atoms with E-state index in [9.17, 15) is 15.0 Å². The zero-order chi connectivity index (χ0) is 19.2. The lowest BCUT2D eigenvalue weighted by atomic mass is 9.76. The van der Waals surface area contributed by atoms with Crippen LogP contribution in [0.1, 0.15) is 63.5 Å². The highest BCUT2D eigenvalue weighted by Gasteiger charge is 2.37. The Balaban J connectivity index is 1.61. The lowest BCUT2D eigenvalue weighted by Crippen LogP contribution is -2.55. The summed E-state index contributed by atoms with van der Waals surface area (Å²) in [5.41, 5.74) is 6.86. The number of carbonyl (C=O) groups is 1. The van der Waals surface area contributed by atoms with Gasteiger partial charge in [-0.15, -0.1) is 0 Å². The van der Waals surface area contributed by atoms with Gasteiger partial charge in [0, 0.05) is 18.3 Å². The Bertz CT molecular complexity index is 570. The predicted octanol–water partition coefficient (Wildman–Crippen LogP) is 1.26. The molecule has 0 aliphatic heterocycles. The van der Waals surface area contributed by atoms with Crippen molar-refractivity contribution in [2.45, 2.75) is 88.5 Å². The monoisotopic (exact) mass is 378 g/mol. The Morgan fingerprint density at radius 1 is 1.22 bits per heavy atom. The standard InChI is InChI=1S/C20H34N4O3/c21-16(10-15-11-22-12-23-15)20(27)24-17(9-13-5-2-1-3-6-13)19(26)18(25)14-7-4-8-14/h11-14,16-19,25-26H,1-10,21H2,(H,22,23)(H,24,27)/t16-,17-,18-,19+/m0/s1. The molecule has 6 N–H and O–H groups in total. The van der Waals surface area contributed by atoms with E-state index in [2.05, 4.69) is 15.3 Å². The van der Waals surface area contributed by atoms with Gasteiger partial charge in [-0.25, -0.2) is 4.98 Å². The summed E-state index contributed by atoms with van der Waals surface area (Å²) in [4.78, 5) is 19.5. The molecule has 0 aromatic carbocycles. The largest absolute Gasteiger partial charge is 0.390 e. The number of aromatic nitrogens is 2. The van der Waals surface area contributed by atoms with Crippen LogP contribution in [0.15, 0.2) is 12.5 Å². The van der Waals surface area contributed by atoms with Gasteiger partial charge in [0.1, 0.15) is 6.10 Å². The molecule has 0 spiro atoms. The normalized spacial score (nSPS) is 23.2. The third-order valence-corrected chi connectivity index (χ3v) is 6.37. The summed E-state index contributed by atoms with van der Waals surface area (Å²) < 4.78 is 0. The molecule has 0 saturated heterocycles. The number of aromatic amines is 1. The number of nitrogens with two attached hydrogens (primary N) is 1. The number of amides is 1. The smallest absolute Gasteiger partial charge is 0.237 e. The van der Waals surface area contributed by atoms with Crippen molar-refractivity contribution >= 4 is 5.91 Å². The molecule has 1 aromatic heterocycles. The quantitative estimate of drug-likeness (QED) is 0.442. The molecule has 3 rings (SSSR count). The van der Waals surface area contributed by atoms with Crippen LogP contribution in [0.4, 0.5) is 0 Å². The van der Waals surface area contributed by atoms with E-state index in [4.69, 9.17) is 5.73 Å². The molecule has 0 bridgehead atoms. The molecular formula is C20H34N4O3. The van der Waals surface area contributed by atoms with E-state index in [0.717, 1.165) is 37.8 Å². The number of hydrogen-bond acceptors (Lipinski definition) is 5. The summed E-state index contributed by atoms with van der Waals surface area (Å²) in [6, 6.07) is -1.17. The molecule has 0 radical (unpaired) electrons. The Hall–Kier alpha value is -1.44. The maximum absolute atomic E-state index is 12.6. The number of nitrogens with one attached hydrogen (secondary N) is 2. The van der Waals surface area contributed by atoms with Crippen molar-refractivity contribution in [2.75, 3.05) is 0 Å². The molecule has 2 aliphatic carbocycles. The number of rotatable bonds is 9. The van der Waals surface area contributed by atoms with E-state index in [1.807, 2.05) is 0 Å². The molecule has 2 saturated carbocycles. The van der Waals surface area contributed by atoms with Crippen LogP contribution < -0.4 is 11.1 Å². The van der Waals surface area contributed by atoms with E-state index in [-0.39, 0.29) is 11.8 Å². The Morgan fingerprint density at radius 3 is 2.56 bits per heavy atom. The SMILES string of the molecule is N[C@@H](Cc1cnc[nH]1)C(=O)N[C@@H](CC1CCCCC1)[C@@H](O)[C@@H](O)C1CCC1. The van der Waals surface area contributed by atoms with Gasteiger partial charge >= 0.3 is 0 Å². The van der Waals surface area contributed by atoms with Crippen molar-refractivity contribution in [1.29, 1.82) is 0 Å². The molecule has 1 aromatic rings. The highest BCUT2D eigenvalue weighted by molar-refractivity contribution is 5.82. The first kappa shape index (κ1) is 20.3. The maximum Gasteiger partial charge on any atom is 0.237 e. The van der Waals surface area contributed by atoms with Crippen LogP contribution in [-0.4, -0.2) is 50.4 Å². The fourth-order valence-corrected chi connectivity index (χ4v) is 4.38. The second-order valence-corrected chi connectivity index (χ2v) is 8.41. The van der Waals surface area contributed by atoms with Crippen molar-refractivity contribution in [3.05, 3.63) is 18.2 Å². The van der Waals surface area contributed by atoms with Crippen LogP contribution in [0.25, 0.3) is 0 Å². The highest BCUT2D eigenvalue weighted by atomic mass is 16.3. The summed E-state index contributed by atoms with van der Waals surface area (Å²) in [5.74, 6) is 0.339. The number of nitrogens with zero attached hydrogens (tertiary/aromatic N) is 1. The second kappa shape index (κ2) is 9.66. The van der Waals surface area contributed by atoms with Crippen molar-refractivity contribution in [3.8, 4) is 0 Å². The van der Waals surface area contributed by atoms with Gasteiger partial charge in [0.25, 0.3) is 0 Å². The third kappa shape index (κ3) is 5.53. The lowest BCUT2D eigenvalue weighted by molar-refractivity contribution is -0.126. The van der Waals surface area contributed by atoms with E-state index in [1.54, 1.807) is 12.5 Å². The molecule has 7 nitrogen and oxygen atoms in total. The topological polar surface area (TPSA) is 124 Å². The lowest BCUT2D eigenvalue weighted by Gasteiger charge is -2.38. The molecule has 4 atom stereocenters. The van der Waals surface area contributed by atoms with E-state index < -0.39 is 24.3 Å². The van der Waals surface area contributed by atoms with Gasteiger partial charge in [0.05, 0.1) is 24.5 Å². The highest BCUT2D eigenvalue weighted by Crippen LogP contribution is 2.33. The van der Waals surface area contributed by atoms with Crippen molar-refractivity contribution in [2.24, 2.45) is 17.6 Å². The van der Waals surface area contributed by atoms with Crippen LogP contribution in [-0.2, 0) is 11.2 Å². The summed E-state index contributed by atoms with van der Waals surface area (Å²) in [6.45, 7) is 0. The van der Waals surface area contributed by atoms with Gasteiger partial charge in [0.2, 0.25) is 5.91 Å². The minimum Gasteiger partial charge on any atom is -0.390 e. The maximum atomic E-state index is 12.6. The average molecular weight is 379 g/mol. The summed E-state index contributed by atoms with van der Waals surface area (Å²) in [5, 5.41) is 24.3. The first-order valence-corrected chi connectivity index (χ1v) is 10.4. The zero-order valence-corrected chi connectivity index (χ0v) is 16.0. The molecule has 1 heterocycles. The molecule has 2 aliphatic rings. The Labute approximate surface area is 161 Å². The summed E-state index contributed by atoms with van der Waals surface area (Å²) >= 11 is 0. The molecule has 152 valence electrons. The van der Waals surface area contributed by atoms with Crippen LogP contribution in [0.2, 0.25) is 0 Å². The molecule has 7 heteroatoms. The molecule has 0 unspecified atom stereocenters. The number of aliphatic hydroxyl groups is 2. The number of H-pyrrole nitrogens is 1. The summed E-state index contributed by atoms with van der Waals surface area (Å²) in [6.07, 6.45) is 11.5.